The average Bonchev–Trinajstić information content (AvgIpc) is 0.592. The molecule has 0 aromatic rings. The normalized spacial score (nSPS) is 23.1. The number of hydrogen-bond donors (Lipinski definition) is 1. The van der Waals surface area contributed by atoms with Crippen LogP contribution in [-0.4, -0.2) is 17.5 Å². The second kappa shape index (κ2) is 0.705. The first kappa shape index (κ1) is 7.13. The standard InChI is InChI=1S/F5HOSe/c1-7(2,3,4,5)6/h6H. The first-order valence-corrected chi connectivity index (χ1v) is 4.96. The zero-order valence-electron chi connectivity index (χ0n) is 2.75. The van der Waals surface area contributed by atoms with Crippen molar-refractivity contribution in [3.63, 3.8) is 0 Å². The summed E-state index contributed by atoms with van der Waals surface area (Å²) in [6.07, 6.45) is 0. The van der Waals surface area contributed by atoms with Crippen molar-refractivity contribution in [2.45, 2.75) is 0 Å². The fourth-order valence-corrected chi connectivity index (χ4v) is 0. The van der Waals surface area contributed by atoms with Gasteiger partial charge in [0.2, 0.25) is 0 Å². The van der Waals surface area contributed by atoms with E-state index in [1.165, 1.54) is 0 Å². The Kier molecular flexibility index (Phi) is 0.718. The van der Waals surface area contributed by atoms with E-state index in [0.717, 1.165) is 0 Å². The predicted octanol–water partition coefficient (Wildman–Crippen LogP) is 1.16. The van der Waals surface area contributed by atoms with Crippen molar-refractivity contribution in [1.82, 2.24) is 0 Å². The summed E-state index contributed by atoms with van der Waals surface area (Å²) < 4.78 is 56.9. The third-order valence-electron chi connectivity index (χ3n) is 0. The van der Waals surface area contributed by atoms with E-state index in [1.807, 2.05) is 0 Å². The molecule has 1 nitrogen and oxygen atoms in total. The summed E-state index contributed by atoms with van der Waals surface area (Å²) in [7, 11) is 0. The van der Waals surface area contributed by atoms with Gasteiger partial charge in [0.15, 0.2) is 0 Å². The Hall–Kier alpha value is 0.129. The monoisotopic (exact) mass is 192 g/mol. The summed E-state index contributed by atoms with van der Waals surface area (Å²) in [6.45, 7) is 0. The van der Waals surface area contributed by atoms with Gasteiger partial charge in [-0.25, -0.2) is 0 Å². The summed E-state index contributed by atoms with van der Waals surface area (Å²) in [5.41, 5.74) is 0. The Morgan fingerprint density at radius 2 is 0.857 bits per heavy atom. The van der Waals surface area contributed by atoms with Crippen molar-refractivity contribution in [2.75, 3.05) is 0 Å². The molecule has 0 saturated carbocycles. The van der Waals surface area contributed by atoms with E-state index in [9.17, 15) is 17.8 Å². The van der Waals surface area contributed by atoms with Crippen LogP contribution in [0.4, 0.5) is 17.8 Å². The van der Waals surface area contributed by atoms with Crippen LogP contribution in [0.5, 0.6) is 0 Å². The van der Waals surface area contributed by atoms with Crippen molar-refractivity contribution < 1.29 is 21.9 Å². The van der Waals surface area contributed by atoms with Gasteiger partial charge in [-0.3, -0.25) is 0 Å². The number of rotatable bonds is 0. The zero-order chi connectivity index (χ0) is 6.41. The minimum absolute atomic E-state index is 6.28. The van der Waals surface area contributed by atoms with Crippen molar-refractivity contribution in [3.05, 3.63) is 0 Å². The third-order valence-corrected chi connectivity index (χ3v) is 0. The second-order valence-corrected chi connectivity index (χ2v) is 4.82. The third kappa shape index (κ3) is 6230. The van der Waals surface area contributed by atoms with Crippen LogP contribution in [0.3, 0.4) is 0 Å². The molecule has 48 valence electrons. The van der Waals surface area contributed by atoms with Gasteiger partial charge in [-0.2, -0.15) is 0 Å². The fraction of sp³-hybridized carbons (Fsp3) is 0. The van der Waals surface area contributed by atoms with Crippen LogP contribution in [0.15, 0.2) is 0 Å². The molecule has 0 aromatic carbocycles. The van der Waals surface area contributed by atoms with Crippen molar-refractivity contribution in [1.29, 1.82) is 0 Å². The Labute approximate surface area is 36.3 Å². The maximum absolute atomic E-state index is 10.5. The molecule has 0 radical (unpaired) electrons. The molecule has 7 heteroatoms. The molecule has 0 atom stereocenters. The summed E-state index contributed by atoms with van der Waals surface area (Å²) in [5.74, 6) is 0. The Balaban J connectivity index is 4.43. The van der Waals surface area contributed by atoms with Crippen LogP contribution in [0.25, 0.3) is 0 Å². The SMILES string of the molecule is O[Se](F)(F)(F)(F)F. The summed E-state index contributed by atoms with van der Waals surface area (Å²) in [6, 6.07) is 0. The van der Waals surface area contributed by atoms with Crippen LogP contribution in [0, 0.1) is 0 Å². The number of hydrogen-bond acceptors (Lipinski definition) is 1. The summed E-state index contributed by atoms with van der Waals surface area (Å²) in [4.78, 5) is 0. The van der Waals surface area contributed by atoms with Crippen LogP contribution >= 0.6 is 0 Å². The molecule has 7 heavy (non-hydrogen) atoms. The molecule has 0 saturated heterocycles. The minimum atomic E-state index is -10.5. The second-order valence-electron chi connectivity index (χ2n) is 0.928. The Morgan fingerprint density at radius 3 is 0.857 bits per heavy atom. The molecular weight excluding hydrogens is 190 g/mol. The Morgan fingerprint density at radius 1 is 0.857 bits per heavy atom. The van der Waals surface area contributed by atoms with Crippen LogP contribution in [-0.2, 0) is 0 Å². The van der Waals surface area contributed by atoms with Crippen LogP contribution in [0.1, 0.15) is 0 Å². The molecule has 0 aliphatic rings. The quantitative estimate of drug-likeness (QED) is 0.450. The van der Waals surface area contributed by atoms with Gasteiger partial charge in [-0.05, 0) is 0 Å². The molecule has 0 bridgehead atoms. The molecule has 0 heterocycles. The van der Waals surface area contributed by atoms with E-state index < -0.39 is 13.3 Å². The summed E-state index contributed by atoms with van der Waals surface area (Å²) >= 11 is -10.5. The van der Waals surface area contributed by atoms with Crippen LogP contribution < -0.4 is 0 Å². The van der Waals surface area contributed by atoms with Crippen molar-refractivity contribution >= 4 is 13.3 Å². The molecule has 0 aliphatic carbocycles. The topological polar surface area (TPSA) is 20.2 Å². The molecule has 0 rings (SSSR count). The van der Waals surface area contributed by atoms with E-state index in [-0.39, 0.29) is 0 Å². The van der Waals surface area contributed by atoms with Gasteiger partial charge in [0.1, 0.15) is 0 Å². The van der Waals surface area contributed by atoms with Gasteiger partial charge in [0.25, 0.3) is 0 Å². The fourth-order valence-electron chi connectivity index (χ4n) is 0. The summed E-state index contributed by atoms with van der Waals surface area (Å²) in [5, 5.41) is 0. The first-order chi connectivity index (χ1) is 2.45. The van der Waals surface area contributed by atoms with E-state index in [2.05, 4.69) is 0 Å². The molecule has 1 N–H and O–H groups in total. The zero-order valence-corrected chi connectivity index (χ0v) is 4.46. The average molecular weight is 191 g/mol. The molecular formula is HF5OSe. The molecule has 0 amide bonds. The van der Waals surface area contributed by atoms with Crippen molar-refractivity contribution in [3.8, 4) is 0 Å². The van der Waals surface area contributed by atoms with E-state index in [1.54, 1.807) is 0 Å². The van der Waals surface area contributed by atoms with Gasteiger partial charge in [0, 0.05) is 0 Å². The number of halogens is 5. The van der Waals surface area contributed by atoms with Gasteiger partial charge >= 0.3 is 35.3 Å². The van der Waals surface area contributed by atoms with Crippen LogP contribution in [0.2, 0.25) is 0 Å². The molecule has 0 fully saturated rings. The molecule has 0 aromatic heterocycles. The van der Waals surface area contributed by atoms with E-state index >= 15 is 0 Å². The molecule has 0 aliphatic heterocycles. The van der Waals surface area contributed by atoms with E-state index in [0.29, 0.717) is 0 Å². The van der Waals surface area contributed by atoms with Gasteiger partial charge < -0.3 is 0 Å². The van der Waals surface area contributed by atoms with Gasteiger partial charge in [-0.15, -0.1) is 0 Å². The molecule has 0 unspecified atom stereocenters. The first-order valence-electron chi connectivity index (χ1n) is 0.954. The van der Waals surface area contributed by atoms with Gasteiger partial charge in [0.05, 0.1) is 0 Å². The predicted molar refractivity (Wildman–Crippen MR) is 13.5 cm³/mol. The van der Waals surface area contributed by atoms with E-state index in [4.69, 9.17) is 4.19 Å². The van der Waals surface area contributed by atoms with Crippen molar-refractivity contribution in [2.24, 2.45) is 0 Å². The Bertz CT molecular complexity index is 66.6. The molecule has 0 spiro atoms. The maximum atomic E-state index is 10.1. The van der Waals surface area contributed by atoms with Gasteiger partial charge in [-0.1, -0.05) is 0 Å².